The molecule has 3 aromatic carbocycles. The van der Waals surface area contributed by atoms with E-state index < -0.39 is 0 Å². The van der Waals surface area contributed by atoms with Gasteiger partial charge in [0.2, 0.25) is 0 Å². The van der Waals surface area contributed by atoms with Crippen LogP contribution in [0.4, 0.5) is 0 Å². The summed E-state index contributed by atoms with van der Waals surface area (Å²) in [6.45, 7) is 2.07. The number of halogens is 1. The van der Waals surface area contributed by atoms with Crippen LogP contribution in [0.2, 0.25) is 5.02 Å². The highest BCUT2D eigenvalue weighted by Gasteiger charge is 2.14. The van der Waals surface area contributed by atoms with Crippen molar-refractivity contribution in [3.63, 3.8) is 0 Å². The van der Waals surface area contributed by atoms with Crippen molar-refractivity contribution in [1.82, 2.24) is 4.57 Å². The molecule has 0 radical (unpaired) electrons. The summed E-state index contributed by atoms with van der Waals surface area (Å²) in [4.78, 5) is 13.5. The highest BCUT2D eigenvalue weighted by molar-refractivity contribution is 6.30. The Morgan fingerprint density at radius 1 is 0.885 bits per heavy atom. The molecule has 0 saturated heterocycles. The Bertz CT molecular complexity index is 1130. The van der Waals surface area contributed by atoms with Crippen LogP contribution < -0.4 is 5.56 Å². The van der Waals surface area contributed by atoms with Gasteiger partial charge in [0.25, 0.3) is 5.56 Å². The molecule has 0 aliphatic heterocycles. The number of benzene rings is 3. The van der Waals surface area contributed by atoms with E-state index in [1.54, 1.807) is 0 Å². The van der Waals surface area contributed by atoms with Gasteiger partial charge in [0.15, 0.2) is 0 Å². The highest BCUT2D eigenvalue weighted by atomic mass is 35.5. The van der Waals surface area contributed by atoms with Crippen LogP contribution in [0.1, 0.15) is 12.6 Å². The summed E-state index contributed by atoms with van der Waals surface area (Å²) in [5.74, 6) is 0. The molecule has 1 heterocycles. The van der Waals surface area contributed by atoms with Crippen molar-refractivity contribution in [2.75, 3.05) is 0 Å². The molecule has 0 bridgehead atoms. The Labute approximate surface area is 157 Å². The van der Waals surface area contributed by atoms with Crippen molar-refractivity contribution < 1.29 is 0 Å². The Balaban J connectivity index is 2.08. The van der Waals surface area contributed by atoms with Gasteiger partial charge in [-0.15, -0.1) is 0 Å². The van der Waals surface area contributed by atoms with Gasteiger partial charge in [0.1, 0.15) is 0 Å². The number of aryl methyl sites for hydroxylation is 1. The van der Waals surface area contributed by atoms with Crippen LogP contribution in [-0.4, -0.2) is 4.57 Å². The number of fused-ring (bicyclic) bond motifs is 1. The fraction of sp³-hybridized carbons (Fsp3) is 0.0870. The topological polar surface area (TPSA) is 22.0 Å². The van der Waals surface area contributed by atoms with Gasteiger partial charge in [-0.3, -0.25) is 9.36 Å². The van der Waals surface area contributed by atoms with Gasteiger partial charge in [-0.2, -0.15) is 0 Å². The van der Waals surface area contributed by atoms with E-state index in [0.29, 0.717) is 5.02 Å². The Morgan fingerprint density at radius 2 is 1.62 bits per heavy atom. The van der Waals surface area contributed by atoms with Crippen molar-refractivity contribution >= 4 is 22.4 Å². The minimum absolute atomic E-state index is 0.0103. The molecule has 3 heteroatoms. The summed E-state index contributed by atoms with van der Waals surface area (Å²) in [6, 6.07) is 25.5. The summed E-state index contributed by atoms with van der Waals surface area (Å²) < 4.78 is 1.82. The Kier molecular flexibility index (Phi) is 4.36. The first-order valence-electron chi connectivity index (χ1n) is 8.68. The van der Waals surface area contributed by atoms with Gasteiger partial charge in [-0.25, -0.2) is 0 Å². The maximum atomic E-state index is 13.5. The fourth-order valence-corrected chi connectivity index (χ4v) is 3.53. The second-order valence-electron chi connectivity index (χ2n) is 6.24. The molecule has 0 saturated carbocycles. The average Bonchev–Trinajstić information content (AvgIpc) is 2.68. The van der Waals surface area contributed by atoms with Crippen molar-refractivity contribution in [2.45, 2.75) is 13.3 Å². The van der Waals surface area contributed by atoms with Gasteiger partial charge >= 0.3 is 0 Å². The molecule has 0 atom stereocenters. The van der Waals surface area contributed by atoms with Crippen molar-refractivity contribution in [3.8, 4) is 16.8 Å². The number of rotatable bonds is 3. The molecular weight excluding hydrogens is 342 g/mol. The molecule has 0 aliphatic rings. The van der Waals surface area contributed by atoms with E-state index in [2.05, 4.69) is 13.0 Å². The smallest absolute Gasteiger partial charge is 0.263 e. The van der Waals surface area contributed by atoms with Gasteiger partial charge in [0, 0.05) is 16.4 Å². The molecule has 0 aliphatic carbocycles. The molecule has 0 amide bonds. The van der Waals surface area contributed by atoms with E-state index >= 15 is 0 Å². The molecule has 2 nitrogen and oxygen atoms in total. The molecule has 1 aromatic heterocycles. The zero-order valence-corrected chi connectivity index (χ0v) is 15.2. The van der Waals surface area contributed by atoms with Gasteiger partial charge < -0.3 is 0 Å². The predicted molar refractivity (Wildman–Crippen MR) is 109 cm³/mol. The first-order valence-corrected chi connectivity index (χ1v) is 9.06. The number of aromatic nitrogens is 1. The largest absolute Gasteiger partial charge is 0.281 e. The van der Waals surface area contributed by atoms with Crippen LogP contribution >= 0.6 is 11.6 Å². The predicted octanol–water partition coefficient (Wildman–Crippen LogP) is 5.87. The number of para-hydroxylation sites is 1. The molecule has 0 unspecified atom stereocenters. The van der Waals surface area contributed by atoms with Crippen LogP contribution in [-0.2, 0) is 6.42 Å². The molecule has 0 N–H and O–H groups in total. The molecule has 4 aromatic rings. The SMILES string of the molecule is CCc1cc2cccc(-c3ccc(Cl)cc3)c2c(=O)n1-c1ccccc1. The maximum absolute atomic E-state index is 13.5. The third-order valence-corrected chi connectivity index (χ3v) is 4.91. The van der Waals surface area contributed by atoms with E-state index in [1.807, 2.05) is 77.4 Å². The molecular formula is C23H18ClNO. The summed E-state index contributed by atoms with van der Waals surface area (Å²) in [6.07, 6.45) is 0.783. The van der Waals surface area contributed by atoms with E-state index in [0.717, 1.165) is 39.7 Å². The maximum Gasteiger partial charge on any atom is 0.263 e. The van der Waals surface area contributed by atoms with Crippen LogP contribution in [0.3, 0.4) is 0 Å². The molecule has 4 rings (SSSR count). The van der Waals surface area contributed by atoms with Crippen LogP contribution in [0, 0.1) is 0 Å². The summed E-state index contributed by atoms with van der Waals surface area (Å²) in [7, 11) is 0. The second kappa shape index (κ2) is 6.81. The molecule has 0 spiro atoms. The minimum atomic E-state index is 0.0103. The monoisotopic (exact) mass is 359 g/mol. The quantitative estimate of drug-likeness (QED) is 0.448. The van der Waals surface area contributed by atoms with Gasteiger partial charge in [-0.1, -0.05) is 67.1 Å². The third-order valence-electron chi connectivity index (χ3n) is 4.65. The first kappa shape index (κ1) is 16.6. The fourth-order valence-electron chi connectivity index (χ4n) is 3.41. The molecule has 128 valence electrons. The lowest BCUT2D eigenvalue weighted by Crippen LogP contribution is -2.22. The minimum Gasteiger partial charge on any atom is -0.281 e. The lowest BCUT2D eigenvalue weighted by molar-refractivity contribution is 0.889. The van der Waals surface area contributed by atoms with Crippen molar-refractivity contribution in [3.05, 3.63) is 99.9 Å². The number of hydrogen-bond donors (Lipinski definition) is 0. The summed E-state index contributed by atoms with van der Waals surface area (Å²) in [5.41, 5.74) is 3.82. The standard InChI is InChI=1S/C23H18ClNO/c1-2-19-15-17-7-6-10-21(16-11-13-18(24)14-12-16)22(17)23(26)25(19)20-8-4-3-5-9-20/h3-15H,2H2,1H3. The molecule has 0 fully saturated rings. The van der Waals surface area contributed by atoms with Crippen LogP contribution in [0.5, 0.6) is 0 Å². The normalized spacial score (nSPS) is 11.0. The molecule has 26 heavy (non-hydrogen) atoms. The van der Waals surface area contributed by atoms with Crippen LogP contribution in [0.25, 0.3) is 27.6 Å². The van der Waals surface area contributed by atoms with Gasteiger partial charge in [-0.05, 0) is 53.3 Å². The third kappa shape index (κ3) is 2.83. The Hall–Kier alpha value is -2.84. The lowest BCUT2D eigenvalue weighted by atomic mass is 9.98. The Morgan fingerprint density at radius 3 is 2.31 bits per heavy atom. The van der Waals surface area contributed by atoms with Crippen molar-refractivity contribution in [1.29, 1.82) is 0 Å². The summed E-state index contributed by atoms with van der Waals surface area (Å²) in [5, 5.41) is 2.38. The zero-order valence-electron chi connectivity index (χ0n) is 14.4. The second-order valence-corrected chi connectivity index (χ2v) is 6.68. The van der Waals surface area contributed by atoms with Crippen LogP contribution in [0.15, 0.2) is 83.7 Å². The van der Waals surface area contributed by atoms with E-state index in [9.17, 15) is 4.79 Å². The summed E-state index contributed by atoms with van der Waals surface area (Å²) >= 11 is 6.03. The highest BCUT2D eigenvalue weighted by Crippen LogP contribution is 2.28. The van der Waals surface area contributed by atoms with E-state index in [4.69, 9.17) is 11.6 Å². The lowest BCUT2D eigenvalue weighted by Gasteiger charge is -2.15. The van der Waals surface area contributed by atoms with Crippen molar-refractivity contribution in [2.24, 2.45) is 0 Å². The number of hydrogen-bond acceptors (Lipinski definition) is 1. The number of pyridine rings is 1. The zero-order chi connectivity index (χ0) is 18.1. The number of nitrogens with zero attached hydrogens (tertiary/aromatic N) is 1. The van der Waals surface area contributed by atoms with E-state index in [-0.39, 0.29) is 5.56 Å². The van der Waals surface area contributed by atoms with Gasteiger partial charge in [0.05, 0.1) is 5.39 Å². The average molecular weight is 360 g/mol. The van der Waals surface area contributed by atoms with E-state index in [1.165, 1.54) is 0 Å². The first-order chi connectivity index (χ1) is 12.7.